The number of likely N-dealkylation sites (tertiary alicyclic amines) is 1. The van der Waals surface area contributed by atoms with Crippen LogP contribution >= 0.6 is 0 Å². The second kappa shape index (κ2) is 7.04. The van der Waals surface area contributed by atoms with Gasteiger partial charge in [-0.25, -0.2) is 13.8 Å². The third-order valence-electron chi connectivity index (χ3n) is 4.99. The Morgan fingerprint density at radius 2 is 1.85 bits per heavy atom. The monoisotopic (exact) mass is 368 g/mol. The van der Waals surface area contributed by atoms with E-state index in [1.165, 1.54) is 24.3 Å². The molecule has 0 saturated carbocycles. The smallest absolute Gasteiger partial charge is 0.254 e. The number of aromatic nitrogens is 1. The van der Waals surface area contributed by atoms with Crippen LogP contribution in [0.4, 0.5) is 8.78 Å². The molecule has 27 heavy (non-hydrogen) atoms. The zero-order valence-corrected chi connectivity index (χ0v) is 14.5. The minimum absolute atomic E-state index is 0.0891. The molecule has 1 fully saturated rings. The summed E-state index contributed by atoms with van der Waals surface area (Å²) in [6.45, 7) is 0.481. The van der Waals surface area contributed by atoms with Crippen LogP contribution in [0.3, 0.4) is 0 Å². The third-order valence-corrected chi connectivity index (χ3v) is 4.99. The van der Waals surface area contributed by atoms with Crippen molar-refractivity contribution in [2.75, 3.05) is 13.2 Å². The van der Waals surface area contributed by atoms with E-state index in [-0.39, 0.29) is 24.4 Å². The Morgan fingerprint density at radius 3 is 2.59 bits per heavy atom. The lowest BCUT2D eigenvalue weighted by Gasteiger charge is -2.24. The molecule has 0 spiro atoms. The minimum atomic E-state index is -0.445. The molecule has 2 heterocycles. The van der Waals surface area contributed by atoms with Crippen molar-refractivity contribution in [3.05, 3.63) is 65.7 Å². The van der Waals surface area contributed by atoms with Gasteiger partial charge in [-0.2, -0.15) is 0 Å². The third kappa shape index (κ3) is 3.28. The summed E-state index contributed by atoms with van der Waals surface area (Å²) in [5.41, 5.74) is 1.87. The molecular weight excluding hydrogens is 350 g/mol. The summed E-state index contributed by atoms with van der Waals surface area (Å²) < 4.78 is 27.0. The van der Waals surface area contributed by atoms with Gasteiger partial charge >= 0.3 is 0 Å². The fraction of sp³-hybridized carbons (Fsp3) is 0.238. The molecule has 1 atom stereocenters. The second-order valence-corrected chi connectivity index (χ2v) is 6.70. The number of carbonyl (C=O) groups is 1. The first-order valence-corrected chi connectivity index (χ1v) is 8.85. The maximum Gasteiger partial charge on any atom is 0.254 e. The molecule has 3 aromatic rings. The van der Waals surface area contributed by atoms with Crippen LogP contribution in [0.1, 0.15) is 23.2 Å². The first kappa shape index (κ1) is 17.5. The summed E-state index contributed by atoms with van der Waals surface area (Å²) in [6, 6.07) is 11.3. The summed E-state index contributed by atoms with van der Waals surface area (Å²) >= 11 is 0. The molecule has 6 heteroatoms. The first-order chi connectivity index (χ1) is 13.1. The molecule has 1 aliphatic heterocycles. The van der Waals surface area contributed by atoms with E-state index in [4.69, 9.17) is 0 Å². The predicted octanol–water partition coefficient (Wildman–Crippen LogP) is 3.78. The van der Waals surface area contributed by atoms with Crippen LogP contribution in [0.2, 0.25) is 0 Å². The van der Waals surface area contributed by atoms with Gasteiger partial charge in [-0.1, -0.05) is 0 Å². The van der Waals surface area contributed by atoms with Gasteiger partial charge in [0.2, 0.25) is 0 Å². The number of pyridine rings is 1. The predicted molar refractivity (Wildman–Crippen MR) is 98.2 cm³/mol. The number of aliphatic hydroxyl groups is 1. The standard InChI is InChI=1S/C21H18F2N2O2/c22-14-5-3-13(4-6-14)19-11-18(17-8-7-15(23)10-20(17)24-19)21(27)25-9-1-2-16(25)12-26/h3-8,10-11,16,26H,1-2,9,12H2/t16-/m1/s1. The molecule has 0 aliphatic carbocycles. The molecule has 0 radical (unpaired) electrons. The Hall–Kier alpha value is -2.86. The fourth-order valence-electron chi connectivity index (χ4n) is 3.59. The van der Waals surface area contributed by atoms with Gasteiger partial charge in [0.05, 0.1) is 29.4 Å². The van der Waals surface area contributed by atoms with Crippen molar-refractivity contribution in [2.45, 2.75) is 18.9 Å². The van der Waals surface area contributed by atoms with E-state index in [9.17, 15) is 18.7 Å². The van der Waals surface area contributed by atoms with Gasteiger partial charge in [-0.3, -0.25) is 4.79 Å². The van der Waals surface area contributed by atoms with Crippen molar-refractivity contribution in [3.63, 3.8) is 0 Å². The molecule has 0 unspecified atom stereocenters. The number of aliphatic hydroxyl groups excluding tert-OH is 1. The maximum atomic E-state index is 13.8. The fourth-order valence-corrected chi connectivity index (χ4v) is 3.59. The molecule has 0 bridgehead atoms. The Morgan fingerprint density at radius 1 is 1.11 bits per heavy atom. The molecule has 1 N–H and O–H groups in total. The molecule has 1 amide bonds. The van der Waals surface area contributed by atoms with E-state index in [2.05, 4.69) is 4.98 Å². The Bertz CT molecular complexity index is 1000. The van der Waals surface area contributed by atoms with Crippen molar-refractivity contribution in [3.8, 4) is 11.3 Å². The van der Waals surface area contributed by atoms with Crippen LogP contribution in [0.5, 0.6) is 0 Å². The number of hydrogen-bond donors (Lipinski definition) is 1. The average Bonchev–Trinajstić information content (AvgIpc) is 3.15. The van der Waals surface area contributed by atoms with E-state index < -0.39 is 5.82 Å². The molecule has 4 nitrogen and oxygen atoms in total. The highest BCUT2D eigenvalue weighted by Crippen LogP contribution is 2.28. The number of nitrogens with zero attached hydrogens (tertiary/aromatic N) is 2. The van der Waals surface area contributed by atoms with Crippen LogP contribution < -0.4 is 0 Å². The van der Waals surface area contributed by atoms with E-state index in [0.29, 0.717) is 34.3 Å². The summed E-state index contributed by atoms with van der Waals surface area (Å²) in [6.07, 6.45) is 1.59. The second-order valence-electron chi connectivity index (χ2n) is 6.70. The van der Waals surface area contributed by atoms with E-state index >= 15 is 0 Å². The summed E-state index contributed by atoms with van der Waals surface area (Å²) in [5, 5.41) is 10.1. The Kier molecular flexibility index (Phi) is 4.58. The minimum Gasteiger partial charge on any atom is -0.394 e. The number of hydrogen-bond acceptors (Lipinski definition) is 3. The number of benzene rings is 2. The lowest BCUT2D eigenvalue weighted by atomic mass is 10.0. The maximum absolute atomic E-state index is 13.8. The van der Waals surface area contributed by atoms with E-state index in [0.717, 1.165) is 12.8 Å². The Labute approximate surface area is 155 Å². The normalized spacial score (nSPS) is 16.9. The van der Waals surface area contributed by atoms with Gasteiger partial charge < -0.3 is 10.0 Å². The molecule has 1 aliphatic rings. The number of fused-ring (bicyclic) bond motifs is 1. The molecule has 4 rings (SSSR count). The topological polar surface area (TPSA) is 53.4 Å². The van der Waals surface area contributed by atoms with Crippen molar-refractivity contribution < 1.29 is 18.7 Å². The van der Waals surface area contributed by atoms with Crippen LogP contribution in [0, 0.1) is 11.6 Å². The summed E-state index contributed by atoms with van der Waals surface area (Å²) in [7, 11) is 0. The quantitative estimate of drug-likeness (QED) is 0.766. The molecule has 1 aromatic heterocycles. The van der Waals surface area contributed by atoms with E-state index in [1.807, 2.05) is 0 Å². The van der Waals surface area contributed by atoms with Gasteiger partial charge in [0.25, 0.3) is 5.91 Å². The van der Waals surface area contributed by atoms with Crippen molar-refractivity contribution in [1.29, 1.82) is 0 Å². The SMILES string of the molecule is O=C(c1cc(-c2ccc(F)cc2)nc2cc(F)ccc12)N1CCC[C@@H]1CO. The Balaban J connectivity index is 1.87. The van der Waals surface area contributed by atoms with Crippen molar-refractivity contribution in [2.24, 2.45) is 0 Å². The van der Waals surface area contributed by atoms with Crippen molar-refractivity contribution >= 4 is 16.8 Å². The first-order valence-electron chi connectivity index (χ1n) is 8.85. The van der Waals surface area contributed by atoms with Gasteiger partial charge in [-0.05, 0) is 55.3 Å². The highest BCUT2D eigenvalue weighted by Gasteiger charge is 2.30. The largest absolute Gasteiger partial charge is 0.394 e. The lowest BCUT2D eigenvalue weighted by molar-refractivity contribution is 0.0679. The van der Waals surface area contributed by atoms with Crippen LogP contribution in [0.25, 0.3) is 22.2 Å². The van der Waals surface area contributed by atoms with Gasteiger partial charge in [0, 0.05) is 23.6 Å². The molecular formula is C21H18F2N2O2. The highest BCUT2D eigenvalue weighted by atomic mass is 19.1. The molecule has 1 saturated heterocycles. The van der Waals surface area contributed by atoms with Crippen LogP contribution in [-0.4, -0.2) is 40.1 Å². The molecule has 2 aromatic carbocycles. The highest BCUT2D eigenvalue weighted by molar-refractivity contribution is 6.07. The van der Waals surface area contributed by atoms with Crippen LogP contribution in [-0.2, 0) is 0 Å². The number of halogens is 2. The average molecular weight is 368 g/mol. The summed E-state index contributed by atoms with van der Waals surface area (Å²) in [5.74, 6) is -1.03. The number of amides is 1. The molecule has 138 valence electrons. The number of carbonyl (C=O) groups excluding carboxylic acids is 1. The zero-order valence-electron chi connectivity index (χ0n) is 14.5. The lowest BCUT2D eigenvalue weighted by Crippen LogP contribution is -2.37. The van der Waals surface area contributed by atoms with Crippen LogP contribution in [0.15, 0.2) is 48.5 Å². The van der Waals surface area contributed by atoms with Gasteiger partial charge in [-0.15, -0.1) is 0 Å². The number of rotatable bonds is 3. The van der Waals surface area contributed by atoms with Gasteiger partial charge in [0.15, 0.2) is 0 Å². The van der Waals surface area contributed by atoms with E-state index in [1.54, 1.807) is 29.2 Å². The zero-order chi connectivity index (χ0) is 19.0. The van der Waals surface area contributed by atoms with Gasteiger partial charge in [0.1, 0.15) is 11.6 Å². The summed E-state index contributed by atoms with van der Waals surface area (Å²) in [4.78, 5) is 19.3. The van der Waals surface area contributed by atoms with Crippen molar-refractivity contribution in [1.82, 2.24) is 9.88 Å².